The fraction of sp³-hybridized carbons (Fsp3) is 0.500. The molecule has 4 heteroatoms. The maximum Gasteiger partial charge on any atom is 0.418 e. The summed E-state index contributed by atoms with van der Waals surface area (Å²) in [5.74, 6) is 0. The topological polar surface area (TPSA) is 20.2 Å². The van der Waals surface area contributed by atoms with E-state index in [2.05, 4.69) is 0 Å². The van der Waals surface area contributed by atoms with Crippen molar-refractivity contribution in [1.82, 2.24) is 0 Å². The van der Waals surface area contributed by atoms with Crippen molar-refractivity contribution in [3.63, 3.8) is 0 Å². The highest BCUT2D eigenvalue weighted by molar-refractivity contribution is 5.30. The van der Waals surface area contributed by atoms with E-state index in [-0.39, 0.29) is 11.0 Å². The van der Waals surface area contributed by atoms with E-state index in [1.165, 1.54) is 18.2 Å². The third-order valence-corrected chi connectivity index (χ3v) is 2.38. The number of hydrogen-bond acceptors (Lipinski definition) is 1. The van der Waals surface area contributed by atoms with E-state index < -0.39 is 12.3 Å². The molecule has 1 atom stereocenters. The molecule has 0 fully saturated rings. The molecular formula is C12H15F3O. The largest absolute Gasteiger partial charge is 0.418 e. The summed E-state index contributed by atoms with van der Waals surface area (Å²) in [6.07, 6.45) is -7.02. The van der Waals surface area contributed by atoms with Gasteiger partial charge in [-0.1, -0.05) is 45.0 Å². The minimum Gasteiger partial charge on any atom is -0.379 e. The first kappa shape index (κ1) is 13.0. The molecular weight excluding hydrogens is 217 g/mol. The summed E-state index contributed by atoms with van der Waals surface area (Å²) < 4.78 is 36.9. The standard InChI is InChI=1S/C12H15F3O/c1-11(2,3)9-6-4-5-8(7-9)10(16)12(13,14)15/h4-7,10,16H,1-3H3/t10-/m1/s1. The van der Waals surface area contributed by atoms with Crippen LogP contribution in [0.4, 0.5) is 13.2 Å². The molecule has 0 aromatic heterocycles. The van der Waals surface area contributed by atoms with Crippen molar-refractivity contribution < 1.29 is 18.3 Å². The summed E-state index contributed by atoms with van der Waals surface area (Å²) in [6.45, 7) is 5.73. The summed E-state index contributed by atoms with van der Waals surface area (Å²) in [7, 11) is 0. The van der Waals surface area contributed by atoms with Crippen molar-refractivity contribution in [2.75, 3.05) is 0 Å². The van der Waals surface area contributed by atoms with Crippen LogP contribution in [0, 0.1) is 0 Å². The van der Waals surface area contributed by atoms with Gasteiger partial charge in [0, 0.05) is 0 Å². The average Bonchev–Trinajstić information content (AvgIpc) is 2.14. The second-order valence-electron chi connectivity index (χ2n) is 4.82. The van der Waals surface area contributed by atoms with Crippen molar-refractivity contribution in [2.24, 2.45) is 0 Å². The summed E-state index contributed by atoms with van der Waals surface area (Å²) in [5, 5.41) is 9.12. The SMILES string of the molecule is CC(C)(C)c1cccc([C@@H](O)C(F)(F)F)c1. The lowest BCUT2D eigenvalue weighted by Gasteiger charge is -2.21. The molecule has 1 N–H and O–H groups in total. The number of alkyl halides is 3. The first-order valence-electron chi connectivity index (χ1n) is 4.97. The Bertz CT molecular complexity index is 363. The Balaban J connectivity index is 3.09. The summed E-state index contributed by atoms with van der Waals surface area (Å²) >= 11 is 0. The molecule has 0 heterocycles. The van der Waals surface area contributed by atoms with E-state index in [0.717, 1.165) is 5.56 Å². The lowest BCUT2D eigenvalue weighted by atomic mass is 9.85. The molecule has 0 spiro atoms. The van der Waals surface area contributed by atoms with Gasteiger partial charge in [-0.2, -0.15) is 13.2 Å². The predicted molar refractivity (Wildman–Crippen MR) is 56.2 cm³/mol. The predicted octanol–water partition coefficient (Wildman–Crippen LogP) is 3.58. The third-order valence-electron chi connectivity index (χ3n) is 2.38. The molecule has 1 aromatic carbocycles. The van der Waals surface area contributed by atoms with E-state index in [9.17, 15) is 13.2 Å². The van der Waals surface area contributed by atoms with Crippen LogP contribution in [0.15, 0.2) is 24.3 Å². The van der Waals surface area contributed by atoms with Gasteiger partial charge in [0.1, 0.15) is 0 Å². The number of halogens is 3. The molecule has 1 aromatic rings. The van der Waals surface area contributed by atoms with E-state index >= 15 is 0 Å². The number of rotatable bonds is 1. The van der Waals surface area contributed by atoms with Gasteiger partial charge in [0.25, 0.3) is 0 Å². The lowest BCUT2D eigenvalue weighted by molar-refractivity contribution is -0.206. The molecule has 1 nitrogen and oxygen atoms in total. The average molecular weight is 232 g/mol. The lowest BCUT2D eigenvalue weighted by Crippen LogP contribution is -2.21. The van der Waals surface area contributed by atoms with Gasteiger partial charge in [-0.25, -0.2) is 0 Å². The second-order valence-corrected chi connectivity index (χ2v) is 4.82. The van der Waals surface area contributed by atoms with Crippen LogP contribution in [0.25, 0.3) is 0 Å². The van der Waals surface area contributed by atoms with Crippen LogP contribution in [0.3, 0.4) is 0 Å². The van der Waals surface area contributed by atoms with E-state index in [1.807, 2.05) is 20.8 Å². The van der Waals surface area contributed by atoms with Crippen molar-refractivity contribution in [2.45, 2.75) is 38.5 Å². The Morgan fingerprint density at radius 2 is 1.69 bits per heavy atom. The van der Waals surface area contributed by atoms with E-state index in [1.54, 1.807) is 6.07 Å². The zero-order valence-corrected chi connectivity index (χ0v) is 9.47. The van der Waals surface area contributed by atoms with E-state index in [0.29, 0.717) is 0 Å². The normalized spacial score (nSPS) is 14.9. The van der Waals surface area contributed by atoms with E-state index in [4.69, 9.17) is 5.11 Å². The fourth-order valence-corrected chi connectivity index (χ4v) is 1.36. The Labute approximate surface area is 92.9 Å². The third kappa shape index (κ3) is 2.98. The Morgan fingerprint density at radius 1 is 1.12 bits per heavy atom. The smallest absolute Gasteiger partial charge is 0.379 e. The first-order chi connectivity index (χ1) is 7.12. The first-order valence-corrected chi connectivity index (χ1v) is 4.97. The molecule has 1 rings (SSSR count). The van der Waals surface area contributed by atoms with Crippen molar-refractivity contribution in [3.8, 4) is 0 Å². The number of benzene rings is 1. The maximum atomic E-state index is 12.3. The molecule has 0 bridgehead atoms. The van der Waals surface area contributed by atoms with Gasteiger partial charge in [0.2, 0.25) is 0 Å². The monoisotopic (exact) mass is 232 g/mol. The Hall–Kier alpha value is -1.03. The summed E-state index contributed by atoms with van der Waals surface area (Å²) in [6, 6.07) is 5.98. The Kier molecular flexibility index (Phi) is 3.33. The van der Waals surface area contributed by atoms with Crippen molar-refractivity contribution in [3.05, 3.63) is 35.4 Å². The highest BCUT2D eigenvalue weighted by Crippen LogP contribution is 2.34. The number of aliphatic hydroxyl groups excluding tert-OH is 1. The molecule has 90 valence electrons. The van der Waals surface area contributed by atoms with Crippen LogP contribution in [0.5, 0.6) is 0 Å². The second kappa shape index (κ2) is 4.09. The molecule has 0 aliphatic carbocycles. The molecule has 0 amide bonds. The molecule has 16 heavy (non-hydrogen) atoms. The van der Waals surface area contributed by atoms with Gasteiger partial charge in [-0.3, -0.25) is 0 Å². The molecule has 0 radical (unpaired) electrons. The molecule has 0 saturated carbocycles. The Morgan fingerprint density at radius 3 is 2.12 bits per heavy atom. The number of hydrogen-bond donors (Lipinski definition) is 1. The molecule has 0 saturated heterocycles. The van der Waals surface area contributed by atoms with Crippen LogP contribution in [0.2, 0.25) is 0 Å². The maximum absolute atomic E-state index is 12.3. The highest BCUT2D eigenvalue weighted by Gasteiger charge is 2.39. The van der Waals surface area contributed by atoms with Crippen LogP contribution in [-0.4, -0.2) is 11.3 Å². The van der Waals surface area contributed by atoms with Crippen LogP contribution in [0.1, 0.15) is 38.0 Å². The van der Waals surface area contributed by atoms with Crippen molar-refractivity contribution in [1.29, 1.82) is 0 Å². The zero-order chi connectivity index (χ0) is 12.6. The molecule has 0 aliphatic rings. The molecule has 0 unspecified atom stereocenters. The number of aliphatic hydroxyl groups is 1. The van der Waals surface area contributed by atoms with Gasteiger partial charge < -0.3 is 5.11 Å². The van der Waals surface area contributed by atoms with Gasteiger partial charge in [0.05, 0.1) is 0 Å². The zero-order valence-electron chi connectivity index (χ0n) is 9.47. The van der Waals surface area contributed by atoms with Gasteiger partial charge >= 0.3 is 6.18 Å². The summed E-state index contributed by atoms with van der Waals surface area (Å²) in [4.78, 5) is 0. The van der Waals surface area contributed by atoms with Crippen LogP contribution >= 0.6 is 0 Å². The summed E-state index contributed by atoms with van der Waals surface area (Å²) in [5.41, 5.74) is 0.426. The minimum atomic E-state index is -4.61. The van der Waals surface area contributed by atoms with Gasteiger partial charge in [-0.05, 0) is 16.5 Å². The van der Waals surface area contributed by atoms with Crippen LogP contribution in [-0.2, 0) is 5.41 Å². The van der Waals surface area contributed by atoms with Crippen LogP contribution < -0.4 is 0 Å². The van der Waals surface area contributed by atoms with Crippen molar-refractivity contribution >= 4 is 0 Å². The molecule has 0 aliphatic heterocycles. The van der Waals surface area contributed by atoms with Gasteiger partial charge in [-0.15, -0.1) is 0 Å². The highest BCUT2D eigenvalue weighted by atomic mass is 19.4. The fourth-order valence-electron chi connectivity index (χ4n) is 1.36. The minimum absolute atomic E-state index is 0.111. The van der Waals surface area contributed by atoms with Gasteiger partial charge in [0.15, 0.2) is 6.10 Å². The quantitative estimate of drug-likeness (QED) is 0.784.